The second kappa shape index (κ2) is 10.0. The van der Waals surface area contributed by atoms with E-state index in [2.05, 4.69) is 11.4 Å². The van der Waals surface area contributed by atoms with Crippen LogP contribution in [0.15, 0.2) is 35.1 Å². The van der Waals surface area contributed by atoms with Gasteiger partial charge in [0.15, 0.2) is 0 Å². The first-order valence-electron chi connectivity index (χ1n) is 10.9. The fourth-order valence-corrected chi connectivity index (χ4v) is 4.96. The summed E-state index contributed by atoms with van der Waals surface area (Å²) >= 11 is 1.02. The Bertz CT molecular complexity index is 1340. The van der Waals surface area contributed by atoms with Gasteiger partial charge in [-0.2, -0.15) is 5.26 Å². The predicted octanol–water partition coefficient (Wildman–Crippen LogP) is 1.51. The number of benzene rings is 1. The van der Waals surface area contributed by atoms with Crippen molar-refractivity contribution < 1.29 is 14.7 Å². The molecule has 3 heterocycles. The first-order chi connectivity index (χ1) is 16.4. The minimum Gasteiger partial charge on any atom is -0.481 e. The summed E-state index contributed by atoms with van der Waals surface area (Å²) in [6.45, 7) is 1.38. The molecule has 0 spiro atoms. The number of nitriles is 1. The Morgan fingerprint density at radius 2 is 2.15 bits per heavy atom. The van der Waals surface area contributed by atoms with Crippen LogP contribution in [0, 0.1) is 11.3 Å². The summed E-state index contributed by atoms with van der Waals surface area (Å²) in [5.41, 5.74) is 7.44. The minimum atomic E-state index is -1.01. The van der Waals surface area contributed by atoms with Crippen molar-refractivity contribution >= 4 is 39.4 Å². The molecule has 10 nitrogen and oxygen atoms in total. The Kier molecular flexibility index (Phi) is 6.90. The molecular weight excluding hydrogens is 456 g/mol. The van der Waals surface area contributed by atoms with E-state index in [4.69, 9.17) is 15.8 Å². The molecule has 1 aliphatic rings. The van der Waals surface area contributed by atoms with E-state index in [1.807, 2.05) is 11.0 Å². The van der Waals surface area contributed by atoms with Crippen molar-refractivity contribution in [3.63, 3.8) is 0 Å². The number of fused-ring (bicyclic) bond motifs is 1. The zero-order chi connectivity index (χ0) is 24.2. The molecule has 0 bridgehead atoms. The largest absolute Gasteiger partial charge is 0.481 e. The van der Waals surface area contributed by atoms with Crippen LogP contribution in [0.5, 0.6) is 0 Å². The number of rotatable bonds is 7. The number of hydrogen-bond donors (Lipinski definition) is 3. The number of anilines is 1. The highest BCUT2D eigenvalue weighted by atomic mass is 32.1. The Labute approximate surface area is 199 Å². The SMILES string of the molecule is N#Cc1ccccc1Cn1c(N2CCCC(N)C2)nc2cc(C(=O)NCCC(=O)O)sc2c1=O. The van der Waals surface area contributed by atoms with Gasteiger partial charge in [0, 0.05) is 25.7 Å². The highest BCUT2D eigenvalue weighted by molar-refractivity contribution is 7.20. The van der Waals surface area contributed by atoms with Gasteiger partial charge in [0.1, 0.15) is 4.70 Å². The maximum atomic E-state index is 13.6. The summed E-state index contributed by atoms with van der Waals surface area (Å²) in [5, 5.41) is 20.8. The maximum absolute atomic E-state index is 13.6. The van der Waals surface area contributed by atoms with E-state index in [1.165, 1.54) is 0 Å². The number of carbonyl (C=O) groups excluding carboxylic acids is 1. The van der Waals surface area contributed by atoms with Gasteiger partial charge in [-0.25, -0.2) is 4.98 Å². The molecule has 2 aromatic heterocycles. The number of carbonyl (C=O) groups is 2. The quantitative estimate of drug-likeness (QED) is 0.460. The number of aliphatic carboxylic acids is 1. The highest BCUT2D eigenvalue weighted by Gasteiger charge is 2.24. The fraction of sp³-hybridized carbons (Fsp3) is 0.348. The number of thiophene rings is 1. The van der Waals surface area contributed by atoms with Gasteiger partial charge in [-0.1, -0.05) is 18.2 Å². The monoisotopic (exact) mass is 480 g/mol. The molecule has 3 aromatic rings. The van der Waals surface area contributed by atoms with Crippen LogP contribution in [-0.4, -0.2) is 52.2 Å². The summed E-state index contributed by atoms with van der Waals surface area (Å²) in [5.74, 6) is -1.01. The van der Waals surface area contributed by atoms with Gasteiger partial charge in [-0.15, -0.1) is 11.3 Å². The van der Waals surface area contributed by atoms with E-state index in [9.17, 15) is 19.6 Å². The Hall–Kier alpha value is -3.75. The lowest BCUT2D eigenvalue weighted by atomic mass is 10.1. The fourth-order valence-electron chi connectivity index (χ4n) is 3.99. The van der Waals surface area contributed by atoms with E-state index in [0.29, 0.717) is 40.4 Å². The Morgan fingerprint density at radius 1 is 1.35 bits per heavy atom. The Balaban J connectivity index is 1.77. The molecule has 1 unspecified atom stereocenters. The van der Waals surface area contributed by atoms with Crippen LogP contribution in [0.2, 0.25) is 0 Å². The first kappa shape index (κ1) is 23.4. The van der Waals surface area contributed by atoms with Crippen molar-refractivity contribution in [2.24, 2.45) is 5.73 Å². The van der Waals surface area contributed by atoms with Crippen LogP contribution in [-0.2, 0) is 11.3 Å². The van der Waals surface area contributed by atoms with Gasteiger partial charge in [0.25, 0.3) is 11.5 Å². The van der Waals surface area contributed by atoms with Gasteiger partial charge in [0.2, 0.25) is 5.95 Å². The molecule has 0 aliphatic carbocycles. The molecule has 1 fully saturated rings. The summed E-state index contributed by atoms with van der Waals surface area (Å²) in [7, 11) is 0. The predicted molar refractivity (Wildman–Crippen MR) is 128 cm³/mol. The van der Waals surface area contributed by atoms with Crippen LogP contribution >= 0.6 is 11.3 Å². The molecule has 1 atom stereocenters. The lowest BCUT2D eigenvalue weighted by Gasteiger charge is -2.33. The van der Waals surface area contributed by atoms with E-state index in [0.717, 1.165) is 24.2 Å². The normalized spacial score (nSPS) is 15.8. The number of nitrogens with one attached hydrogen (secondary N) is 1. The second-order valence-electron chi connectivity index (χ2n) is 8.15. The van der Waals surface area contributed by atoms with Crippen LogP contribution < -0.4 is 21.5 Å². The number of amides is 1. The number of nitrogens with two attached hydrogens (primary N) is 1. The molecular formula is C23H24N6O4S. The molecule has 0 saturated carbocycles. The molecule has 1 aliphatic heterocycles. The van der Waals surface area contributed by atoms with Crippen molar-refractivity contribution in [3.8, 4) is 6.07 Å². The summed E-state index contributed by atoms with van der Waals surface area (Å²) in [4.78, 5) is 43.8. The number of piperidine rings is 1. The summed E-state index contributed by atoms with van der Waals surface area (Å²) in [6.07, 6.45) is 1.56. The molecule has 1 amide bonds. The van der Waals surface area contributed by atoms with Gasteiger partial charge in [-0.05, 0) is 30.5 Å². The summed E-state index contributed by atoms with van der Waals surface area (Å²) in [6, 6.07) is 10.8. The summed E-state index contributed by atoms with van der Waals surface area (Å²) < 4.78 is 1.86. The van der Waals surface area contributed by atoms with Crippen molar-refractivity contribution in [2.75, 3.05) is 24.5 Å². The number of nitrogens with zero attached hydrogens (tertiary/aromatic N) is 4. The molecule has 11 heteroatoms. The van der Waals surface area contributed by atoms with Gasteiger partial charge in [0.05, 0.1) is 35.0 Å². The molecule has 4 rings (SSSR count). The zero-order valence-corrected chi connectivity index (χ0v) is 19.2. The number of carboxylic acids is 1. The average Bonchev–Trinajstić information content (AvgIpc) is 3.25. The van der Waals surface area contributed by atoms with Crippen molar-refractivity contribution in [1.82, 2.24) is 14.9 Å². The lowest BCUT2D eigenvalue weighted by Crippen LogP contribution is -2.45. The third-order valence-corrected chi connectivity index (χ3v) is 6.78. The number of aromatic nitrogens is 2. The second-order valence-corrected chi connectivity index (χ2v) is 9.20. The molecule has 176 valence electrons. The first-order valence-corrected chi connectivity index (χ1v) is 11.7. The van der Waals surface area contributed by atoms with E-state index < -0.39 is 11.9 Å². The third-order valence-electron chi connectivity index (χ3n) is 5.67. The molecule has 4 N–H and O–H groups in total. The van der Waals surface area contributed by atoms with Crippen molar-refractivity contribution in [1.29, 1.82) is 5.26 Å². The highest BCUT2D eigenvalue weighted by Crippen LogP contribution is 2.26. The van der Waals surface area contributed by atoms with Crippen molar-refractivity contribution in [3.05, 3.63) is 56.7 Å². The standard InChI is InChI=1S/C23H24N6O4S/c24-11-14-4-1-2-5-15(14)12-29-22(33)20-17(27-23(29)28-9-3-6-16(25)13-28)10-18(34-20)21(32)26-8-7-19(30)31/h1-2,4-5,10,16H,3,6-9,12-13,25H2,(H,26,32)(H,30,31). The zero-order valence-electron chi connectivity index (χ0n) is 18.4. The van der Waals surface area contributed by atoms with Crippen LogP contribution in [0.4, 0.5) is 5.95 Å². The smallest absolute Gasteiger partial charge is 0.305 e. The average molecular weight is 481 g/mol. The van der Waals surface area contributed by atoms with E-state index in [1.54, 1.807) is 28.8 Å². The lowest BCUT2D eigenvalue weighted by molar-refractivity contribution is -0.136. The van der Waals surface area contributed by atoms with E-state index >= 15 is 0 Å². The van der Waals surface area contributed by atoms with Crippen LogP contribution in [0.1, 0.15) is 40.1 Å². The van der Waals surface area contributed by atoms with Crippen molar-refractivity contribution in [2.45, 2.75) is 31.8 Å². The van der Waals surface area contributed by atoms with Gasteiger partial charge in [-0.3, -0.25) is 19.0 Å². The molecule has 1 aromatic carbocycles. The number of carboxylic acid groups (broad SMARTS) is 1. The topological polar surface area (TPSA) is 154 Å². The van der Waals surface area contributed by atoms with E-state index in [-0.39, 0.29) is 36.0 Å². The molecule has 0 radical (unpaired) electrons. The molecule has 1 saturated heterocycles. The van der Waals surface area contributed by atoms with Crippen LogP contribution in [0.3, 0.4) is 0 Å². The van der Waals surface area contributed by atoms with Crippen LogP contribution in [0.25, 0.3) is 10.2 Å². The Morgan fingerprint density at radius 3 is 2.88 bits per heavy atom. The number of hydrogen-bond acceptors (Lipinski definition) is 8. The molecule has 34 heavy (non-hydrogen) atoms. The third kappa shape index (κ3) is 4.93. The maximum Gasteiger partial charge on any atom is 0.305 e. The minimum absolute atomic E-state index is 0.0120. The van der Waals surface area contributed by atoms with Gasteiger partial charge >= 0.3 is 5.97 Å². The van der Waals surface area contributed by atoms with Gasteiger partial charge < -0.3 is 21.1 Å².